The molecule has 0 aliphatic carbocycles. The van der Waals surface area contributed by atoms with Gasteiger partial charge >= 0.3 is 0 Å². The van der Waals surface area contributed by atoms with Gasteiger partial charge in [-0.2, -0.15) is 0 Å². The van der Waals surface area contributed by atoms with Crippen LogP contribution in [0.5, 0.6) is 0 Å². The number of nitrogens with zero attached hydrogens (tertiary/aromatic N) is 3. The second-order valence-corrected chi connectivity index (χ2v) is 18.1. The van der Waals surface area contributed by atoms with Crippen molar-refractivity contribution in [3.05, 3.63) is 285 Å². The minimum absolute atomic E-state index is 1.10. The maximum absolute atomic E-state index is 2.42. The van der Waals surface area contributed by atoms with E-state index in [0.29, 0.717) is 0 Å². The monoisotopic (exact) mass is 905 g/mol. The molecule has 0 aliphatic rings. The number of hydrogen-bond donors (Lipinski definition) is 0. The van der Waals surface area contributed by atoms with Crippen LogP contribution in [0.15, 0.2) is 285 Å². The molecule has 0 atom stereocenters. The van der Waals surface area contributed by atoms with Gasteiger partial charge in [-0.05, 0) is 141 Å². The Hall–Kier alpha value is -9.44. The van der Waals surface area contributed by atoms with Crippen LogP contribution in [0.1, 0.15) is 0 Å². The van der Waals surface area contributed by atoms with Gasteiger partial charge in [-0.1, -0.05) is 188 Å². The fourth-order valence-electron chi connectivity index (χ4n) is 10.5. The van der Waals surface area contributed by atoms with E-state index in [1.54, 1.807) is 0 Å². The van der Waals surface area contributed by atoms with Crippen molar-refractivity contribution in [3.8, 4) is 39.1 Å². The average Bonchev–Trinajstić information content (AvgIpc) is 3.78. The Labute approximate surface area is 414 Å². The Morgan fingerprint density at radius 2 is 0.563 bits per heavy atom. The van der Waals surface area contributed by atoms with Gasteiger partial charge in [0.05, 0.1) is 22.4 Å². The normalized spacial score (nSPS) is 11.4. The zero-order valence-corrected chi connectivity index (χ0v) is 39.0. The van der Waals surface area contributed by atoms with Crippen LogP contribution in [0.3, 0.4) is 0 Å². The Morgan fingerprint density at radius 3 is 1.03 bits per heavy atom. The van der Waals surface area contributed by atoms with Gasteiger partial charge in [0.15, 0.2) is 0 Å². The van der Waals surface area contributed by atoms with Crippen molar-refractivity contribution in [3.63, 3.8) is 0 Å². The molecule has 1 aromatic heterocycles. The number of anilines is 6. The van der Waals surface area contributed by atoms with Crippen molar-refractivity contribution < 1.29 is 0 Å². The second kappa shape index (κ2) is 17.9. The molecule has 0 spiro atoms. The third-order valence-electron chi connectivity index (χ3n) is 14.0. The van der Waals surface area contributed by atoms with Crippen LogP contribution in [0.25, 0.3) is 82.4 Å². The number of hydrogen-bond acceptors (Lipinski definition) is 2. The lowest BCUT2D eigenvalue weighted by molar-refractivity contribution is 1.18. The van der Waals surface area contributed by atoms with Crippen molar-refractivity contribution in [2.24, 2.45) is 0 Å². The Kier molecular flexibility index (Phi) is 10.5. The SMILES string of the molecule is c1ccc(-c2ccc(-n3c4ccc(-c5ccc(N(c6ccccc6)c6cccc7ccccc67)cc5)cc4c4cc(-c5ccc(N(c6ccccc6)c6cccc7ccccc67)cc5)ccc43)cc2)cc1. The summed E-state index contributed by atoms with van der Waals surface area (Å²) in [5, 5.41) is 7.28. The molecular formula is C68H47N3. The molecule has 0 radical (unpaired) electrons. The molecule has 0 saturated carbocycles. The topological polar surface area (TPSA) is 11.4 Å². The maximum Gasteiger partial charge on any atom is 0.0541 e. The van der Waals surface area contributed by atoms with Crippen LogP contribution in [-0.2, 0) is 0 Å². The Balaban J connectivity index is 0.914. The standard InChI is InChI=1S/C68H47N3/c1-4-16-48(17-5-1)49-30-42-60(43-31-49)71-67-44-36-54(50-32-38-58(39-33-50)69(56-22-6-2-7-23-56)65-28-14-20-52-18-10-12-26-61(52)65)46-63(67)64-47-55(37-45-68(64)71)51-34-40-59(41-35-51)70(57-24-8-3-9-25-57)66-29-15-21-53-19-11-13-27-62(53)66/h1-47H. The minimum Gasteiger partial charge on any atom is -0.310 e. The van der Waals surface area contributed by atoms with Gasteiger partial charge < -0.3 is 14.4 Å². The smallest absolute Gasteiger partial charge is 0.0541 e. The van der Waals surface area contributed by atoms with Gasteiger partial charge in [0, 0.05) is 50.0 Å². The summed E-state index contributed by atoms with van der Waals surface area (Å²) in [6, 6.07) is 103. The number of aromatic nitrogens is 1. The largest absolute Gasteiger partial charge is 0.310 e. The lowest BCUT2D eigenvalue weighted by Gasteiger charge is -2.27. The molecule has 13 rings (SSSR count). The van der Waals surface area contributed by atoms with Crippen molar-refractivity contribution >= 4 is 77.5 Å². The highest BCUT2D eigenvalue weighted by Gasteiger charge is 2.19. The summed E-state index contributed by atoms with van der Waals surface area (Å²) >= 11 is 0. The minimum atomic E-state index is 1.10. The van der Waals surface area contributed by atoms with E-state index in [0.717, 1.165) is 50.9 Å². The van der Waals surface area contributed by atoms with Crippen molar-refractivity contribution in [1.82, 2.24) is 4.57 Å². The first-order valence-electron chi connectivity index (χ1n) is 24.3. The summed E-state index contributed by atoms with van der Waals surface area (Å²) in [7, 11) is 0. The highest BCUT2D eigenvalue weighted by Crippen LogP contribution is 2.43. The molecule has 3 heteroatoms. The summed E-state index contributed by atoms with van der Waals surface area (Å²) in [5.41, 5.74) is 17.3. The fourth-order valence-corrected chi connectivity index (χ4v) is 10.5. The summed E-state index contributed by atoms with van der Waals surface area (Å²) < 4.78 is 2.42. The lowest BCUT2D eigenvalue weighted by atomic mass is 9.99. The molecule has 0 saturated heterocycles. The number of rotatable bonds is 10. The zero-order chi connectivity index (χ0) is 47.1. The predicted molar refractivity (Wildman–Crippen MR) is 301 cm³/mol. The number of benzene rings is 12. The zero-order valence-electron chi connectivity index (χ0n) is 39.0. The number of fused-ring (bicyclic) bond motifs is 5. The molecular weight excluding hydrogens is 859 g/mol. The molecule has 13 aromatic rings. The van der Waals surface area contributed by atoms with Crippen molar-refractivity contribution in [2.75, 3.05) is 9.80 Å². The molecule has 0 bridgehead atoms. The van der Waals surface area contributed by atoms with E-state index in [1.807, 2.05) is 0 Å². The first-order chi connectivity index (χ1) is 35.2. The number of para-hydroxylation sites is 2. The van der Waals surface area contributed by atoms with Crippen LogP contribution in [0.2, 0.25) is 0 Å². The highest BCUT2D eigenvalue weighted by molar-refractivity contribution is 6.12. The summed E-state index contributed by atoms with van der Waals surface area (Å²) in [6.07, 6.45) is 0. The molecule has 0 fully saturated rings. The van der Waals surface area contributed by atoms with Crippen LogP contribution >= 0.6 is 0 Å². The molecule has 1 heterocycles. The summed E-state index contributed by atoms with van der Waals surface area (Å²) in [6.45, 7) is 0. The molecule has 0 amide bonds. The maximum atomic E-state index is 2.42. The lowest BCUT2D eigenvalue weighted by Crippen LogP contribution is -2.10. The van der Waals surface area contributed by atoms with Crippen LogP contribution < -0.4 is 9.80 Å². The van der Waals surface area contributed by atoms with E-state index in [9.17, 15) is 0 Å². The van der Waals surface area contributed by atoms with E-state index in [2.05, 4.69) is 299 Å². The molecule has 3 nitrogen and oxygen atoms in total. The first kappa shape index (κ1) is 41.7. The Bertz CT molecular complexity index is 3780. The van der Waals surface area contributed by atoms with Gasteiger partial charge in [0.1, 0.15) is 0 Å². The van der Waals surface area contributed by atoms with E-state index >= 15 is 0 Å². The fraction of sp³-hybridized carbons (Fsp3) is 0. The van der Waals surface area contributed by atoms with Gasteiger partial charge in [-0.3, -0.25) is 0 Å². The second-order valence-electron chi connectivity index (χ2n) is 18.1. The van der Waals surface area contributed by atoms with Crippen molar-refractivity contribution in [1.29, 1.82) is 0 Å². The van der Waals surface area contributed by atoms with E-state index in [-0.39, 0.29) is 0 Å². The third-order valence-corrected chi connectivity index (χ3v) is 14.0. The molecule has 0 N–H and O–H groups in total. The molecule has 334 valence electrons. The first-order valence-corrected chi connectivity index (χ1v) is 24.3. The molecule has 0 aliphatic heterocycles. The van der Waals surface area contributed by atoms with Gasteiger partial charge in [0.25, 0.3) is 0 Å². The summed E-state index contributed by atoms with van der Waals surface area (Å²) in [4.78, 5) is 4.73. The van der Waals surface area contributed by atoms with Crippen LogP contribution in [0, 0.1) is 0 Å². The average molecular weight is 906 g/mol. The summed E-state index contributed by atoms with van der Waals surface area (Å²) in [5.74, 6) is 0. The van der Waals surface area contributed by atoms with Gasteiger partial charge in [0.2, 0.25) is 0 Å². The van der Waals surface area contributed by atoms with Gasteiger partial charge in [-0.25, -0.2) is 0 Å². The third kappa shape index (κ3) is 7.67. The van der Waals surface area contributed by atoms with E-state index < -0.39 is 0 Å². The van der Waals surface area contributed by atoms with Crippen LogP contribution in [-0.4, -0.2) is 4.57 Å². The molecule has 71 heavy (non-hydrogen) atoms. The van der Waals surface area contributed by atoms with E-state index in [4.69, 9.17) is 0 Å². The predicted octanol–water partition coefficient (Wildman–Crippen LogP) is 19.0. The molecule has 12 aromatic carbocycles. The van der Waals surface area contributed by atoms with Crippen molar-refractivity contribution in [2.45, 2.75) is 0 Å². The Morgan fingerprint density at radius 1 is 0.225 bits per heavy atom. The van der Waals surface area contributed by atoms with Crippen LogP contribution in [0.4, 0.5) is 34.1 Å². The highest BCUT2D eigenvalue weighted by atomic mass is 15.1. The van der Waals surface area contributed by atoms with Gasteiger partial charge in [-0.15, -0.1) is 0 Å². The molecule has 0 unspecified atom stereocenters. The quantitative estimate of drug-likeness (QED) is 0.135. The van der Waals surface area contributed by atoms with E-state index in [1.165, 1.54) is 65.6 Å².